The number of aromatic nitrogens is 2. The van der Waals surface area contributed by atoms with E-state index in [0.717, 1.165) is 24.1 Å². The lowest BCUT2D eigenvalue weighted by atomic mass is 10.1. The van der Waals surface area contributed by atoms with E-state index in [1.807, 2.05) is 30.3 Å². The minimum absolute atomic E-state index is 0.0647. The number of benzene rings is 1. The fourth-order valence-electron chi connectivity index (χ4n) is 2.98. The van der Waals surface area contributed by atoms with E-state index in [1.54, 1.807) is 0 Å². The van der Waals surface area contributed by atoms with Crippen LogP contribution in [0.3, 0.4) is 0 Å². The largest absolute Gasteiger partial charge is 0.436 e. The Labute approximate surface area is 122 Å². The standard InChI is InChI=1S/C16H17N3O2/c20-16-13-10-12-6-2-3-7-14(12)21-15(13)17-19(16)11-18-8-4-1-5-9-18/h2-3,6-7,10H,1,4-5,8-9,11H2. The Morgan fingerprint density at radius 1 is 1.14 bits per heavy atom. The first kappa shape index (κ1) is 12.6. The third-order valence-corrected chi connectivity index (χ3v) is 4.11. The van der Waals surface area contributed by atoms with Crippen molar-refractivity contribution < 1.29 is 4.42 Å². The minimum atomic E-state index is -0.0647. The number of nitrogens with zero attached hydrogens (tertiary/aromatic N) is 3. The van der Waals surface area contributed by atoms with E-state index in [-0.39, 0.29) is 5.56 Å². The van der Waals surface area contributed by atoms with Crippen LogP contribution < -0.4 is 5.56 Å². The monoisotopic (exact) mass is 283 g/mol. The summed E-state index contributed by atoms with van der Waals surface area (Å²) in [5, 5.41) is 5.28. The SMILES string of the molecule is O=c1c2cc3ccccc3oc-2nn1CN1CCCCC1. The quantitative estimate of drug-likeness (QED) is 0.725. The van der Waals surface area contributed by atoms with Gasteiger partial charge >= 0.3 is 0 Å². The summed E-state index contributed by atoms with van der Waals surface area (Å²) in [4.78, 5) is 14.7. The first-order valence-corrected chi connectivity index (χ1v) is 7.43. The van der Waals surface area contributed by atoms with Crippen molar-refractivity contribution in [3.63, 3.8) is 0 Å². The highest BCUT2D eigenvalue weighted by Crippen LogP contribution is 2.24. The maximum absolute atomic E-state index is 12.5. The van der Waals surface area contributed by atoms with E-state index in [0.29, 0.717) is 18.1 Å². The Hall–Kier alpha value is -2.14. The van der Waals surface area contributed by atoms with E-state index in [1.165, 1.54) is 23.9 Å². The van der Waals surface area contributed by atoms with Gasteiger partial charge in [0.15, 0.2) is 0 Å². The lowest BCUT2D eigenvalue weighted by Gasteiger charge is -2.25. The highest BCUT2D eigenvalue weighted by Gasteiger charge is 2.20. The van der Waals surface area contributed by atoms with Gasteiger partial charge in [0.2, 0.25) is 5.89 Å². The van der Waals surface area contributed by atoms with Crippen molar-refractivity contribution in [1.29, 1.82) is 0 Å². The van der Waals surface area contributed by atoms with Crippen LogP contribution in [0.1, 0.15) is 19.3 Å². The van der Waals surface area contributed by atoms with Gasteiger partial charge in [-0.05, 0) is 38.1 Å². The Morgan fingerprint density at radius 3 is 2.81 bits per heavy atom. The summed E-state index contributed by atoms with van der Waals surface area (Å²) in [5.74, 6) is 0.427. The molecule has 0 N–H and O–H groups in total. The van der Waals surface area contributed by atoms with Gasteiger partial charge < -0.3 is 4.42 Å². The molecule has 108 valence electrons. The van der Waals surface area contributed by atoms with Crippen molar-refractivity contribution in [2.45, 2.75) is 25.9 Å². The van der Waals surface area contributed by atoms with Crippen LogP contribution in [0.15, 0.2) is 39.5 Å². The van der Waals surface area contributed by atoms with Gasteiger partial charge in [0.1, 0.15) is 11.1 Å². The maximum atomic E-state index is 12.5. The first-order chi connectivity index (χ1) is 10.3. The predicted octanol–water partition coefficient (Wildman–Crippen LogP) is 2.54. The molecule has 0 aliphatic carbocycles. The van der Waals surface area contributed by atoms with Crippen LogP contribution in [-0.2, 0) is 6.67 Å². The van der Waals surface area contributed by atoms with Crippen LogP contribution in [-0.4, -0.2) is 27.8 Å². The molecule has 3 heterocycles. The van der Waals surface area contributed by atoms with E-state index in [4.69, 9.17) is 4.42 Å². The summed E-state index contributed by atoms with van der Waals surface area (Å²) < 4.78 is 7.27. The number of likely N-dealkylation sites (tertiary alicyclic amines) is 1. The molecule has 0 atom stereocenters. The molecule has 0 unspecified atom stereocenters. The third kappa shape index (κ3) is 2.23. The molecule has 4 rings (SSSR count). The molecule has 1 fully saturated rings. The second-order valence-electron chi connectivity index (χ2n) is 5.63. The average Bonchev–Trinajstić information content (AvgIpc) is 2.82. The summed E-state index contributed by atoms with van der Waals surface area (Å²) in [5.41, 5.74) is 1.25. The van der Waals surface area contributed by atoms with Gasteiger partial charge in [-0.1, -0.05) is 24.6 Å². The van der Waals surface area contributed by atoms with Crippen LogP contribution in [0, 0.1) is 0 Å². The number of fused-ring (bicyclic) bond motifs is 2. The highest BCUT2D eigenvalue weighted by atomic mass is 16.3. The number of piperidine rings is 1. The Balaban J connectivity index is 1.76. The van der Waals surface area contributed by atoms with Crippen molar-refractivity contribution in [3.05, 3.63) is 40.7 Å². The molecule has 21 heavy (non-hydrogen) atoms. The van der Waals surface area contributed by atoms with E-state index in [9.17, 15) is 4.79 Å². The molecular formula is C16H17N3O2. The van der Waals surface area contributed by atoms with E-state index in [2.05, 4.69) is 10.00 Å². The molecule has 0 spiro atoms. The molecule has 1 saturated heterocycles. The molecule has 3 aliphatic rings. The zero-order valence-corrected chi connectivity index (χ0v) is 11.8. The number of rotatable bonds is 2. The topological polar surface area (TPSA) is 51.3 Å². The molecule has 0 bridgehead atoms. The van der Waals surface area contributed by atoms with Gasteiger partial charge in [-0.15, -0.1) is 5.10 Å². The molecule has 5 heteroatoms. The highest BCUT2D eigenvalue weighted by molar-refractivity contribution is 5.81. The van der Waals surface area contributed by atoms with E-state index < -0.39 is 0 Å². The van der Waals surface area contributed by atoms with Crippen molar-refractivity contribution in [2.24, 2.45) is 0 Å². The van der Waals surface area contributed by atoms with Crippen LogP contribution in [0.5, 0.6) is 0 Å². The van der Waals surface area contributed by atoms with Gasteiger partial charge in [-0.25, -0.2) is 4.68 Å². The summed E-state index contributed by atoms with van der Waals surface area (Å²) in [6.45, 7) is 2.63. The van der Waals surface area contributed by atoms with Crippen LogP contribution in [0.25, 0.3) is 22.4 Å². The van der Waals surface area contributed by atoms with E-state index >= 15 is 0 Å². The predicted molar refractivity (Wildman–Crippen MR) is 80.3 cm³/mol. The molecule has 0 saturated carbocycles. The summed E-state index contributed by atoms with van der Waals surface area (Å²) in [6, 6.07) is 9.56. The summed E-state index contributed by atoms with van der Waals surface area (Å²) in [7, 11) is 0. The second-order valence-corrected chi connectivity index (χ2v) is 5.63. The van der Waals surface area contributed by atoms with Gasteiger partial charge in [0.05, 0.1) is 6.67 Å². The van der Waals surface area contributed by atoms with Crippen molar-refractivity contribution in [2.75, 3.05) is 13.1 Å². The fourth-order valence-corrected chi connectivity index (χ4v) is 2.98. The molecular weight excluding hydrogens is 266 g/mol. The number of hydrogen-bond donors (Lipinski definition) is 0. The number of para-hydroxylation sites is 1. The zero-order valence-electron chi connectivity index (χ0n) is 11.8. The molecule has 0 amide bonds. The third-order valence-electron chi connectivity index (χ3n) is 4.11. The van der Waals surface area contributed by atoms with Crippen molar-refractivity contribution in [1.82, 2.24) is 14.7 Å². The molecule has 3 aliphatic heterocycles. The second kappa shape index (κ2) is 5.00. The lowest BCUT2D eigenvalue weighted by molar-refractivity contribution is 0.171. The molecule has 5 nitrogen and oxygen atoms in total. The van der Waals surface area contributed by atoms with Crippen molar-refractivity contribution in [3.8, 4) is 11.5 Å². The van der Waals surface area contributed by atoms with Crippen LogP contribution in [0.2, 0.25) is 0 Å². The summed E-state index contributed by atoms with van der Waals surface area (Å²) in [6.07, 6.45) is 3.68. The van der Waals surface area contributed by atoms with Crippen molar-refractivity contribution >= 4 is 11.0 Å². The zero-order chi connectivity index (χ0) is 14.2. The Bertz CT molecular complexity index is 799. The molecule has 1 aromatic rings. The van der Waals surface area contributed by atoms with Gasteiger partial charge in [-0.2, -0.15) is 0 Å². The Kier molecular flexibility index (Phi) is 3.00. The first-order valence-electron chi connectivity index (χ1n) is 7.43. The maximum Gasteiger partial charge on any atom is 0.280 e. The average molecular weight is 283 g/mol. The molecule has 1 aromatic carbocycles. The van der Waals surface area contributed by atoms with Gasteiger partial charge in [-0.3, -0.25) is 9.69 Å². The fraction of sp³-hybridized carbons (Fsp3) is 0.375. The van der Waals surface area contributed by atoms with Gasteiger partial charge in [0.25, 0.3) is 5.56 Å². The lowest BCUT2D eigenvalue weighted by Crippen LogP contribution is -2.35. The van der Waals surface area contributed by atoms with Crippen LogP contribution in [0.4, 0.5) is 0 Å². The summed E-state index contributed by atoms with van der Waals surface area (Å²) >= 11 is 0. The van der Waals surface area contributed by atoms with Gasteiger partial charge in [0, 0.05) is 5.39 Å². The molecule has 0 aromatic heterocycles. The smallest absolute Gasteiger partial charge is 0.280 e. The Morgan fingerprint density at radius 2 is 1.95 bits per heavy atom. The number of hydrogen-bond acceptors (Lipinski definition) is 4. The minimum Gasteiger partial charge on any atom is -0.436 e. The van der Waals surface area contributed by atoms with Crippen LogP contribution >= 0.6 is 0 Å². The normalized spacial score (nSPS) is 16.8. The molecule has 0 radical (unpaired) electrons.